The van der Waals surface area contributed by atoms with Gasteiger partial charge in [-0.15, -0.1) is 22.9 Å². The van der Waals surface area contributed by atoms with Crippen LogP contribution in [0, 0.1) is 5.82 Å². The Balaban J connectivity index is 2.22. The van der Waals surface area contributed by atoms with Crippen molar-refractivity contribution in [1.29, 1.82) is 0 Å². The van der Waals surface area contributed by atoms with Gasteiger partial charge in [-0.25, -0.2) is 19.2 Å². The van der Waals surface area contributed by atoms with E-state index in [0.29, 0.717) is 26.9 Å². The number of benzene rings is 1. The van der Waals surface area contributed by atoms with Gasteiger partial charge in [0.2, 0.25) is 5.91 Å². The molecule has 0 radical (unpaired) electrons. The first kappa shape index (κ1) is 21.3. The van der Waals surface area contributed by atoms with Crippen molar-refractivity contribution in [3.63, 3.8) is 0 Å². The van der Waals surface area contributed by atoms with Crippen molar-refractivity contribution in [2.45, 2.75) is 12.1 Å². The van der Waals surface area contributed by atoms with Gasteiger partial charge in [-0.05, 0) is 31.4 Å². The van der Waals surface area contributed by atoms with Crippen molar-refractivity contribution in [2.75, 3.05) is 29.4 Å². The predicted molar refractivity (Wildman–Crippen MR) is 114 cm³/mol. The molecule has 2 heterocycles. The summed E-state index contributed by atoms with van der Waals surface area (Å²) in [6, 6.07) is 5.86. The lowest BCUT2D eigenvalue weighted by Crippen LogP contribution is -2.15. The molecule has 29 heavy (non-hydrogen) atoms. The van der Waals surface area contributed by atoms with Crippen molar-refractivity contribution >= 4 is 74.0 Å². The summed E-state index contributed by atoms with van der Waals surface area (Å²) < 4.78 is 18.7. The number of fused-ring (bicyclic) bond motifs is 1. The summed E-state index contributed by atoms with van der Waals surface area (Å²) in [5.41, 5.74) is 0.663. The number of carbonyl (C=O) groups is 2. The second-order valence-corrected chi connectivity index (χ2v) is 7.62. The van der Waals surface area contributed by atoms with E-state index in [0.717, 1.165) is 11.3 Å². The van der Waals surface area contributed by atoms with Gasteiger partial charge in [0.1, 0.15) is 27.2 Å². The van der Waals surface area contributed by atoms with Crippen molar-refractivity contribution in [1.82, 2.24) is 9.97 Å². The quantitative estimate of drug-likeness (QED) is 0.232. The highest BCUT2D eigenvalue weighted by molar-refractivity contribution is 7.98. The van der Waals surface area contributed by atoms with E-state index in [1.165, 1.54) is 23.9 Å². The molecule has 0 aliphatic heterocycles. The average Bonchev–Trinajstić information content (AvgIpc) is 3.06. The molecule has 0 spiro atoms. The van der Waals surface area contributed by atoms with Gasteiger partial charge in [0, 0.05) is 5.69 Å². The van der Waals surface area contributed by atoms with Crippen LogP contribution in [0.5, 0.6) is 0 Å². The van der Waals surface area contributed by atoms with E-state index in [-0.39, 0.29) is 23.1 Å². The van der Waals surface area contributed by atoms with Gasteiger partial charge in [0.15, 0.2) is 5.16 Å². The minimum atomic E-state index is -0.595. The minimum Gasteiger partial charge on any atom is -0.462 e. The highest BCUT2D eigenvalue weighted by atomic mass is 35.5. The Morgan fingerprint density at radius 1 is 1.34 bits per heavy atom. The van der Waals surface area contributed by atoms with Crippen molar-refractivity contribution in [3.8, 4) is 0 Å². The van der Waals surface area contributed by atoms with E-state index < -0.39 is 17.7 Å². The van der Waals surface area contributed by atoms with E-state index >= 15 is 0 Å². The second-order valence-electron chi connectivity index (χ2n) is 5.58. The Hall–Kier alpha value is -2.43. The van der Waals surface area contributed by atoms with Crippen LogP contribution < -0.4 is 10.6 Å². The number of thiophene rings is 1. The number of nitrogens with one attached hydrogen (secondary N) is 2. The summed E-state index contributed by atoms with van der Waals surface area (Å²) in [4.78, 5) is 34.0. The van der Waals surface area contributed by atoms with Gasteiger partial charge in [-0.3, -0.25) is 4.79 Å². The molecule has 1 aromatic carbocycles. The molecule has 152 valence electrons. The minimum absolute atomic E-state index is 0.173. The standard InChI is InChI=1S/C18H16ClFN4O3S2/c1-3-27-17(26)14-13(22-11(25)8-19)12-15(21-10-6-4-5-9(20)7-10)23-18(28-2)24-16(12)29-14/h4-7H,3,8H2,1-2H3,(H,22,25)(H,21,23,24). The maximum atomic E-state index is 13.6. The Bertz CT molecular complexity index is 1080. The summed E-state index contributed by atoms with van der Waals surface area (Å²) in [6.07, 6.45) is 1.81. The molecule has 0 fully saturated rings. The van der Waals surface area contributed by atoms with Gasteiger partial charge in [-0.2, -0.15) is 0 Å². The Morgan fingerprint density at radius 2 is 2.14 bits per heavy atom. The number of carbonyl (C=O) groups excluding carboxylic acids is 2. The Labute approximate surface area is 179 Å². The predicted octanol–water partition coefficient (Wildman–Crippen LogP) is 4.65. The summed E-state index contributed by atoms with van der Waals surface area (Å²) in [7, 11) is 0. The lowest BCUT2D eigenvalue weighted by Gasteiger charge is -2.11. The molecule has 0 aliphatic carbocycles. The smallest absolute Gasteiger partial charge is 0.350 e. The summed E-state index contributed by atoms with van der Waals surface area (Å²) in [5.74, 6) is -1.48. The molecular formula is C18H16ClFN4O3S2. The van der Waals surface area contributed by atoms with Gasteiger partial charge >= 0.3 is 5.97 Å². The number of esters is 1. The molecule has 0 bridgehead atoms. The fourth-order valence-electron chi connectivity index (χ4n) is 2.50. The van der Waals surface area contributed by atoms with Crippen LogP contribution in [-0.2, 0) is 9.53 Å². The number of alkyl halides is 1. The van der Waals surface area contributed by atoms with Crippen LogP contribution >= 0.6 is 34.7 Å². The molecule has 0 saturated heterocycles. The van der Waals surface area contributed by atoms with E-state index in [1.807, 2.05) is 6.26 Å². The molecule has 1 amide bonds. The molecule has 7 nitrogen and oxygen atoms in total. The molecule has 0 unspecified atom stereocenters. The molecule has 2 N–H and O–H groups in total. The van der Waals surface area contributed by atoms with Crippen LogP contribution in [-0.4, -0.2) is 40.6 Å². The number of hydrogen-bond acceptors (Lipinski definition) is 8. The number of thioether (sulfide) groups is 1. The number of ether oxygens (including phenoxy) is 1. The lowest BCUT2D eigenvalue weighted by atomic mass is 10.2. The van der Waals surface area contributed by atoms with Gasteiger partial charge in [0.05, 0.1) is 17.7 Å². The average molecular weight is 455 g/mol. The maximum absolute atomic E-state index is 13.6. The zero-order valence-corrected chi connectivity index (χ0v) is 17.8. The second kappa shape index (κ2) is 9.38. The van der Waals surface area contributed by atoms with Crippen LogP contribution in [0.4, 0.5) is 21.6 Å². The summed E-state index contributed by atoms with van der Waals surface area (Å²) in [5, 5.41) is 6.54. The van der Waals surface area contributed by atoms with Crippen molar-refractivity contribution in [2.24, 2.45) is 0 Å². The Morgan fingerprint density at radius 3 is 2.79 bits per heavy atom. The van der Waals surface area contributed by atoms with Gasteiger partial charge in [-0.1, -0.05) is 17.8 Å². The number of hydrogen-bond donors (Lipinski definition) is 2. The monoisotopic (exact) mass is 454 g/mol. The number of rotatable bonds is 7. The number of halogens is 2. The largest absolute Gasteiger partial charge is 0.462 e. The third-order valence-electron chi connectivity index (χ3n) is 3.65. The van der Waals surface area contributed by atoms with Crippen molar-refractivity contribution < 1.29 is 18.7 Å². The maximum Gasteiger partial charge on any atom is 0.350 e. The third kappa shape index (κ3) is 4.77. The highest BCUT2D eigenvalue weighted by Gasteiger charge is 2.25. The van der Waals surface area contributed by atoms with Gasteiger partial charge < -0.3 is 15.4 Å². The lowest BCUT2D eigenvalue weighted by molar-refractivity contribution is -0.113. The number of amides is 1. The molecule has 0 atom stereocenters. The molecule has 0 saturated carbocycles. The zero-order valence-electron chi connectivity index (χ0n) is 15.4. The number of aromatic nitrogens is 2. The fraction of sp³-hybridized carbons (Fsp3) is 0.222. The molecule has 3 aromatic rings. The fourth-order valence-corrected chi connectivity index (χ4v) is 4.01. The van der Waals surface area contributed by atoms with Crippen LogP contribution in [0.15, 0.2) is 29.4 Å². The van der Waals surface area contributed by atoms with E-state index in [4.69, 9.17) is 16.3 Å². The van der Waals surface area contributed by atoms with Crippen LogP contribution in [0.3, 0.4) is 0 Å². The van der Waals surface area contributed by atoms with Crippen LogP contribution in [0.2, 0.25) is 0 Å². The topological polar surface area (TPSA) is 93.2 Å². The first-order valence-electron chi connectivity index (χ1n) is 8.40. The molecule has 2 aromatic heterocycles. The third-order valence-corrected chi connectivity index (χ3v) is 5.50. The van der Waals surface area contributed by atoms with E-state index in [2.05, 4.69) is 20.6 Å². The van der Waals surface area contributed by atoms with Crippen molar-refractivity contribution in [3.05, 3.63) is 35.0 Å². The first-order chi connectivity index (χ1) is 14.0. The SMILES string of the molecule is CCOC(=O)c1sc2nc(SC)nc(Nc3cccc(F)c3)c2c1NC(=O)CCl. The molecule has 3 rings (SSSR count). The molecule has 0 aliphatic rings. The summed E-state index contributed by atoms with van der Waals surface area (Å²) >= 11 is 8.01. The number of nitrogens with zero attached hydrogens (tertiary/aromatic N) is 2. The summed E-state index contributed by atoms with van der Waals surface area (Å²) in [6.45, 7) is 1.86. The first-order valence-corrected chi connectivity index (χ1v) is 11.0. The van der Waals surface area contributed by atoms with Crippen LogP contribution in [0.1, 0.15) is 16.6 Å². The zero-order chi connectivity index (χ0) is 21.0. The molecular weight excluding hydrogens is 439 g/mol. The highest BCUT2D eigenvalue weighted by Crippen LogP contribution is 2.41. The molecule has 11 heteroatoms. The normalized spacial score (nSPS) is 10.8. The van der Waals surface area contributed by atoms with E-state index in [9.17, 15) is 14.0 Å². The van der Waals surface area contributed by atoms with Gasteiger partial charge in [0.25, 0.3) is 0 Å². The number of anilines is 3. The Kier molecular flexibility index (Phi) is 6.88. The van der Waals surface area contributed by atoms with Crippen LogP contribution in [0.25, 0.3) is 10.2 Å². The van der Waals surface area contributed by atoms with E-state index in [1.54, 1.807) is 19.1 Å².